The molecule has 124 valence electrons. The number of alkyl halides is 3. The molecule has 1 aromatic heterocycles. The van der Waals surface area contributed by atoms with Crippen LogP contribution in [0.5, 0.6) is 0 Å². The molecule has 5 nitrogen and oxygen atoms in total. The number of thiazole rings is 1. The van der Waals surface area contributed by atoms with E-state index < -0.39 is 11.9 Å². The Labute approximate surface area is 130 Å². The van der Waals surface area contributed by atoms with Gasteiger partial charge in [0.1, 0.15) is 5.01 Å². The van der Waals surface area contributed by atoms with Gasteiger partial charge in [-0.1, -0.05) is 6.92 Å². The molecule has 0 aliphatic carbocycles. The van der Waals surface area contributed by atoms with Crippen molar-refractivity contribution in [3.05, 3.63) is 16.1 Å². The summed E-state index contributed by atoms with van der Waals surface area (Å²) in [7, 11) is 0. The maximum absolute atomic E-state index is 12.6. The summed E-state index contributed by atoms with van der Waals surface area (Å²) in [5.74, 6) is -0.0747. The highest BCUT2D eigenvalue weighted by molar-refractivity contribution is 7.09. The van der Waals surface area contributed by atoms with Crippen LogP contribution in [0.2, 0.25) is 0 Å². The number of carbonyl (C=O) groups is 1. The van der Waals surface area contributed by atoms with Crippen LogP contribution in [0, 0.1) is 0 Å². The van der Waals surface area contributed by atoms with Crippen molar-refractivity contribution in [2.24, 2.45) is 0 Å². The number of nitrogens with one attached hydrogen (secondary N) is 1. The lowest BCUT2D eigenvalue weighted by atomic mass is 10.2. The second-order valence-electron chi connectivity index (χ2n) is 4.90. The minimum atomic E-state index is -4.43. The molecule has 0 bridgehead atoms. The summed E-state index contributed by atoms with van der Waals surface area (Å²) < 4.78 is 42.9. The molecule has 2 heterocycles. The summed E-state index contributed by atoms with van der Waals surface area (Å²) >= 11 is 0.958. The average Bonchev–Trinajstić information content (AvgIpc) is 2.98. The molecule has 1 aliphatic rings. The highest BCUT2D eigenvalue weighted by Gasteiger charge is 2.34. The van der Waals surface area contributed by atoms with Gasteiger partial charge in [-0.3, -0.25) is 10.1 Å². The summed E-state index contributed by atoms with van der Waals surface area (Å²) in [5.41, 5.74) is -0.882. The van der Waals surface area contributed by atoms with E-state index in [1.807, 2.05) is 6.92 Å². The molecule has 9 heteroatoms. The van der Waals surface area contributed by atoms with E-state index in [1.165, 1.54) is 0 Å². The number of ether oxygens (including phenoxy) is 1. The lowest BCUT2D eigenvalue weighted by molar-refractivity contribution is -0.141. The molecule has 0 spiro atoms. The summed E-state index contributed by atoms with van der Waals surface area (Å²) in [4.78, 5) is 17.3. The van der Waals surface area contributed by atoms with E-state index in [9.17, 15) is 18.0 Å². The topological polar surface area (TPSA) is 54.5 Å². The number of amides is 1. The van der Waals surface area contributed by atoms with Gasteiger partial charge in [-0.25, -0.2) is 4.98 Å². The normalized spacial score (nSPS) is 17.5. The number of morpholine rings is 1. The molecule has 1 aliphatic heterocycles. The molecule has 0 saturated carbocycles. The highest BCUT2D eigenvalue weighted by atomic mass is 32.1. The van der Waals surface area contributed by atoms with Crippen LogP contribution in [0.1, 0.15) is 30.1 Å². The van der Waals surface area contributed by atoms with Crippen LogP contribution in [0.25, 0.3) is 0 Å². The fraction of sp³-hybridized carbons (Fsp3) is 0.692. The standard InChI is InChI=1S/C13H18F3N3O2S/c1-2-9(12-18-10(8-22-12)13(14,15)16)17-7-11(20)19-3-5-21-6-4-19/h8-9,17H,2-7H2,1H3/t9-/m0/s1. The molecule has 1 atom stereocenters. The van der Waals surface area contributed by atoms with Crippen molar-refractivity contribution in [1.29, 1.82) is 0 Å². The molecule has 1 aromatic rings. The Morgan fingerprint density at radius 2 is 2.18 bits per heavy atom. The predicted octanol–water partition coefficient (Wildman–Crippen LogP) is 2.06. The minimum Gasteiger partial charge on any atom is -0.378 e. The molecule has 0 radical (unpaired) electrons. The van der Waals surface area contributed by atoms with E-state index in [0.29, 0.717) is 37.7 Å². The first kappa shape index (κ1) is 17.2. The fourth-order valence-electron chi connectivity index (χ4n) is 2.12. The van der Waals surface area contributed by atoms with Crippen LogP contribution in [0.4, 0.5) is 13.2 Å². The first-order valence-corrected chi connectivity index (χ1v) is 7.91. The van der Waals surface area contributed by atoms with Crippen molar-refractivity contribution in [3.8, 4) is 0 Å². The Morgan fingerprint density at radius 3 is 2.73 bits per heavy atom. The molecule has 1 saturated heterocycles. The van der Waals surface area contributed by atoms with Gasteiger partial charge >= 0.3 is 6.18 Å². The van der Waals surface area contributed by atoms with Gasteiger partial charge in [0, 0.05) is 18.5 Å². The van der Waals surface area contributed by atoms with Gasteiger partial charge in [-0.2, -0.15) is 13.2 Å². The number of hydrogen-bond acceptors (Lipinski definition) is 5. The third kappa shape index (κ3) is 4.40. The van der Waals surface area contributed by atoms with Gasteiger partial charge in [0.2, 0.25) is 5.91 Å². The number of aromatic nitrogens is 1. The zero-order chi connectivity index (χ0) is 16.2. The van der Waals surface area contributed by atoms with Crippen LogP contribution in [-0.4, -0.2) is 48.6 Å². The molecule has 0 unspecified atom stereocenters. The third-order valence-corrected chi connectivity index (χ3v) is 4.34. The summed E-state index contributed by atoms with van der Waals surface area (Å²) in [6, 6.07) is -0.355. The van der Waals surface area contributed by atoms with Crippen LogP contribution < -0.4 is 5.32 Å². The van der Waals surface area contributed by atoms with Gasteiger partial charge in [-0.05, 0) is 6.42 Å². The lowest BCUT2D eigenvalue weighted by Gasteiger charge is -2.27. The molecule has 22 heavy (non-hydrogen) atoms. The second-order valence-corrected chi connectivity index (χ2v) is 5.79. The number of halogens is 3. The van der Waals surface area contributed by atoms with Crippen molar-refractivity contribution in [3.63, 3.8) is 0 Å². The van der Waals surface area contributed by atoms with Gasteiger partial charge in [0.15, 0.2) is 5.69 Å². The fourth-order valence-corrected chi connectivity index (χ4v) is 3.10. The van der Waals surface area contributed by atoms with Gasteiger partial charge < -0.3 is 9.64 Å². The molecule has 1 amide bonds. The van der Waals surface area contributed by atoms with Crippen molar-refractivity contribution in [2.45, 2.75) is 25.6 Å². The smallest absolute Gasteiger partial charge is 0.378 e. The van der Waals surface area contributed by atoms with E-state index in [-0.39, 0.29) is 18.5 Å². The van der Waals surface area contributed by atoms with Crippen molar-refractivity contribution in [2.75, 3.05) is 32.8 Å². The molecular formula is C13H18F3N3O2S. The molecular weight excluding hydrogens is 319 g/mol. The summed E-state index contributed by atoms with van der Waals surface area (Å²) in [5, 5.41) is 4.35. The van der Waals surface area contributed by atoms with E-state index in [1.54, 1.807) is 4.90 Å². The molecule has 1 N–H and O–H groups in total. The van der Waals surface area contributed by atoms with Crippen molar-refractivity contribution >= 4 is 17.2 Å². The van der Waals surface area contributed by atoms with Crippen molar-refractivity contribution < 1.29 is 22.7 Å². The van der Waals surface area contributed by atoms with Gasteiger partial charge in [0.25, 0.3) is 0 Å². The Balaban J connectivity index is 1.91. The number of carbonyl (C=O) groups excluding carboxylic acids is 1. The average molecular weight is 337 g/mol. The highest BCUT2D eigenvalue weighted by Crippen LogP contribution is 2.32. The minimum absolute atomic E-state index is 0.0747. The maximum atomic E-state index is 12.6. The second kappa shape index (κ2) is 7.38. The van der Waals surface area contributed by atoms with Gasteiger partial charge in [-0.15, -0.1) is 11.3 Å². The van der Waals surface area contributed by atoms with E-state index >= 15 is 0 Å². The molecule has 0 aromatic carbocycles. The van der Waals surface area contributed by atoms with Crippen LogP contribution >= 0.6 is 11.3 Å². The largest absolute Gasteiger partial charge is 0.434 e. The Morgan fingerprint density at radius 1 is 1.50 bits per heavy atom. The zero-order valence-corrected chi connectivity index (χ0v) is 13.0. The predicted molar refractivity (Wildman–Crippen MR) is 75.5 cm³/mol. The SMILES string of the molecule is CC[C@H](NCC(=O)N1CCOCC1)c1nc(C(F)(F)F)cs1. The van der Waals surface area contributed by atoms with Gasteiger partial charge in [0.05, 0.1) is 25.8 Å². The summed E-state index contributed by atoms with van der Waals surface area (Å²) in [6.45, 7) is 4.05. The Hall–Kier alpha value is -1.19. The number of nitrogens with zero attached hydrogens (tertiary/aromatic N) is 2. The Bertz CT molecular complexity index is 501. The maximum Gasteiger partial charge on any atom is 0.434 e. The van der Waals surface area contributed by atoms with Crippen LogP contribution in [0.15, 0.2) is 5.38 Å². The zero-order valence-electron chi connectivity index (χ0n) is 12.2. The molecule has 1 fully saturated rings. The quantitative estimate of drug-likeness (QED) is 0.894. The third-order valence-electron chi connectivity index (χ3n) is 3.38. The van der Waals surface area contributed by atoms with E-state index in [0.717, 1.165) is 16.7 Å². The first-order valence-electron chi connectivity index (χ1n) is 7.03. The molecule has 2 rings (SSSR count). The van der Waals surface area contributed by atoms with Crippen molar-refractivity contribution in [1.82, 2.24) is 15.2 Å². The monoisotopic (exact) mass is 337 g/mol. The first-order chi connectivity index (χ1) is 10.4. The van der Waals surface area contributed by atoms with E-state index in [4.69, 9.17) is 4.74 Å². The number of rotatable bonds is 5. The Kier molecular flexibility index (Phi) is 5.76. The lowest BCUT2D eigenvalue weighted by Crippen LogP contribution is -2.45. The van der Waals surface area contributed by atoms with E-state index in [2.05, 4.69) is 10.3 Å². The van der Waals surface area contributed by atoms with Crippen LogP contribution in [0.3, 0.4) is 0 Å². The summed E-state index contributed by atoms with van der Waals surface area (Å²) in [6.07, 6.45) is -3.88. The number of hydrogen-bond donors (Lipinski definition) is 1. The van der Waals surface area contributed by atoms with Crippen LogP contribution in [-0.2, 0) is 15.7 Å².